The molecule has 0 N–H and O–H groups in total. The van der Waals surface area contributed by atoms with Gasteiger partial charge in [0.1, 0.15) is 0 Å². The molecule has 1 heteroatoms. The second kappa shape index (κ2) is 16.3. The van der Waals surface area contributed by atoms with Gasteiger partial charge < -0.3 is 0 Å². The van der Waals surface area contributed by atoms with Crippen molar-refractivity contribution in [3.05, 3.63) is 255 Å². The van der Waals surface area contributed by atoms with E-state index in [1.807, 2.05) is 11.3 Å². The Kier molecular flexibility index (Phi) is 9.48. The Labute approximate surface area is 394 Å². The van der Waals surface area contributed by atoms with E-state index >= 15 is 0 Å². The van der Waals surface area contributed by atoms with Crippen LogP contribution >= 0.6 is 11.3 Å². The minimum absolute atomic E-state index is 1.19. The Balaban J connectivity index is 0.859. The van der Waals surface area contributed by atoms with Gasteiger partial charge in [-0.15, -0.1) is 11.3 Å². The molecule has 13 rings (SSSR count). The number of benzene rings is 12. The third-order valence-electron chi connectivity index (χ3n) is 13.6. The van der Waals surface area contributed by atoms with E-state index in [4.69, 9.17) is 0 Å². The van der Waals surface area contributed by atoms with E-state index in [0.29, 0.717) is 0 Å². The Morgan fingerprint density at radius 2 is 0.522 bits per heavy atom. The van der Waals surface area contributed by atoms with Crippen molar-refractivity contribution >= 4 is 63.8 Å². The maximum absolute atomic E-state index is 2.40. The van der Waals surface area contributed by atoms with Crippen molar-refractivity contribution < 1.29 is 0 Å². The summed E-state index contributed by atoms with van der Waals surface area (Å²) in [5.41, 5.74) is 16.9. The van der Waals surface area contributed by atoms with Crippen molar-refractivity contribution in [2.45, 2.75) is 0 Å². The maximum Gasteiger partial charge on any atom is 0.0433 e. The second-order valence-electron chi connectivity index (χ2n) is 17.6. The van der Waals surface area contributed by atoms with Crippen molar-refractivity contribution in [1.29, 1.82) is 0 Å². The molecule has 0 nitrogen and oxygen atoms in total. The monoisotopic (exact) mass is 866 g/mol. The summed E-state index contributed by atoms with van der Waals surface area (Å²) in [6.07, 6.45) is 0. The molecule has 12 aromatic carbocycles. The van der Waals surface area contributed by atoms with Crippen LogP contribution in [0.25, 0.3) is 130 Å². The fourth-order valence-electron chi connectivity index (χ4n) is 10.3. The Morgan fingerprint density at radius 1 is 0.179 bits per heavy atom. The standard InChI is InChI=1S/C66H42S/c1-2-15-43(16-3-1)53-39-54(41-55(40-53)51-33-34-61-59-27-5-4-25-57(59)58-26-6-7-28-60(58)64(61)42-51)50-23-12-21-48(37-50)46-19-10-17-44(35-46)45-18-11-20-47(36-45)49-22-13-24-52(38-49)56-30-14-31-63-62-29-8-9-32-65(62)67-66(56)63/h1-42H. The zero-order chi connectivity index (χ0) is 44.3. The summed E-state index contributed by atoms with van der Waals surface area (Å²) in [5, 5.41) is 10.4. The molecule has 0 spiro atoms. The lowest BCUT2D eigenvalue weighted by atomic mass is 9.89. The van der Waals surface area contributed by atoms with E-state index in [-0.39, 0.29) is 0 Å². The molecule has 0 saturated heterocycles. The zero-order valence-electron chi connectivity index (χ0n) is 36.7. The fourth-order valence-corrected chi connectivity index (χ4v) is 11.6. The first-order chi connectivity index (χ1) is 33.2. The van der Waals surface area contributed by atoms with Gasteiger partial charge in [-0.1, -0.05) is 200 Å². The van der Waals surface area contributed by atoms with Crippen LogP contribution in [0.15, 0.2) is 255 Å². The smallest absolute Gasteiger partial charge is 0.0433 e. The molecule has 0 unspecified atom stereocenters. The summed E-state index contributed by atoms with van der Waals surface area (Å²) in [7, 11) is 0. The van der Waals surface area contributed by atoms with E-state index < -0.39 is 0 Å². The molecule has 0 saturated carbocycles. The lowest BCUT2D eigenvalue weighted by Gasteiger charge is -2.15. The van der Waals surface area contributed by atoms with Gasteiger partial charge in [-0.2, -0.15) is 0 Å². The molecule has 312 valence electrons. The minimum Gasteiger partial charge on any atom is -0.135 e. The van der Waals surface area contributed by atoms with E-state index in [0.717, 1.165) is 0 Å². The van der Waals surface area contributed by atoms with Gasteiger partial charge in [-0.25, -0.2) is 0 Å². The lowest BCUT2D eigenvalue weighted by Crippen LogP contribution is -1.88. The van der Waals surface area contributed by atoms with Crippen LogP contribution in [0.4, 0.5) is 0 Å². The summed E-state index contributed by atoms with van der Waals surface area (Å²) in [5.74, 6) is 0. The SMILES string of the molecule is c1ccc(-c2cc(-c3cccc(-c4cccc(-c5cccc(-c6cccc(-c7cccc8c7sc7ccccc78)c6)c5)c4)c3)cc(-c3ccc4c5ccccc5c5ccccc5c4c3)c2)cc1. The van der Waals surface area contributed by atoms with Crippen LogP contribution in [0.3, 0.4) is 0 Å². The average molecular weight is 867 g/mol. The molecule has 0 amide bonds. The molecule has 0 bridgehead atoms. The molecule has 0 aliphatic rings. The molecule has 0 aliphatic carbocycles. The molecule has 67 heavy (non-hydrogen) atoms. The number of rotatable bonds is 7. The average Bonchev–Trinajstić information content (AvgIpc) is 3.80. The number of hydrogen-bond donors (Lipinski definition) is 0. The van der Waals surface area contributed by atoms with Crippen LogP contribution in [0.5, 0.6) is 0 Å². The normalized spacial score (nSPS) is 11.6. The number of hydrogen-bond acceptors (Lipinski definition) is 1. The van der Waals surface area contributed by atoms with Crippen molar-refractivity contribution in [2.24, 2.45) is 0 Å². The molecule has 0 atom stereocenters. The molecule has 0 aliphatic heterocycles. The first kappa shape index (κ1) is 39.0. The summed E-state index contributed by atoms with van der Waals surface area (Å²) in [6.45, 7) is 0. The molecule has 0 radical (unpaired) electrons. The molecular formula is C66H42S. The fraction of sp³-hybridized carbons (Fsp3) is 0. The van der Waals surface area contributed by atoms with E-state index in [1.165, 1.54) is 130 Å². The highest BCUT2D eigenvalue weighted by atomic mass is 32.1. The Hall–Kier alpha value is -8.36. The third kappa shape index (κ3) is 7.00. The van der Waals surface area contributed by atoms with Gasteiger partial charge in [-0.3, -0.25) is 0 Å². The van der Waals surface area contributed by atoms with E-state index in [1.54, 1.807) is 0 Å². The highest BCUT2D eigenvalue weighted by Crippen LogP contribution is 2.42. The third-order valence-corrected chi connectivity index (χ3v) is 14.8. The van der Waals surface area contributed by atoms with Gasteiger partial charge in [0, 0.05) is 20.2 Å². The predicted octanol–water partition coefficient (Wildman–Crippen LogP) is 19.2. The molecule has 0 fully saturated rings. The molecule has 1 aromatic heterocycles. The Bertz CT molecular complexity index is 4000. The zero-order valence-corrected chi connectivity index (χ0v) is 37.5. The Morgan fingerprint density at radius 3 is 1.07 bits per heavy atom. The van der Waals surface area contributed by atoms with Crippen molar-refractivity contribution in [2.75, 3.05) is 0 Å². The quantitative estimate of drug-likeness (QED) is 0.140. The number of thiophene rings is 1. The molecular weight excluding hydrogens is 825 g/mol. The van der Waals surface area contributed by atoms with Crippen molar-refractivity contribution in [3.8, 4) is 77.9 Å². The van der Waals surface area contributed by atoms with E-state index in [9.17, 15) is 0 Å². The largest absolute Gasteiger partial charge is 0.135 e. The van der Waals surface area contributed by atoms with Crippen LogP contribution in [-0.4, -0.2) is 0 Å². The van der Waals surface area contributed by atoms with Gasteiger partial charge in [0.2, 0.25) is 0 Å². The van der Waals surface area contributed by atoms with Gasteiger partial charge in [0.25, 0.3) is 0 Å². The second-order valence-corrected chi connectivity index (χ2v) is 18.7. The van der Waals surface area contributed by atoms with Gasteiger partial charge >= 0.3 is 0 Å². The predicted molar refractivity (Wildman–Crippen MR) is 290 cm³/mol. The van der Waals surface area contributed by atoms with Gasteiger partial charge in [-0.05, 0) is 165 Å². The van der Waals surface area contributed by atoms with Crippen LogP contribution in [0.1, 0.15) is 0 Å². The molecule has 13 aromatic rings. The molecule has 1 heterocycles. The summed E-state index contributed by atoms with van der Waals surface area (Å²) >= 11 is 1.88. The highest BCUT2D eigenvalue weighted by molar-refractivity contribution is 7.26. The minimum atomic E-state index is 1.19. The first-order valence-corrected chi connectivity index (χ1v) is 23.9. The van der Waals surface area contributed by atoms with Gasteiger partial charge in [0.05, 0.1) is 0 Å². The summed E-state index contributed by atoms with van der Waals surface area (Å²) in [4.78, 5) is 0. The van der Waals surface area contributed by atoms with Gasteiger partial charge in [0.15, 0.2) is 0 Å². The van der Waals surface area contributed by atoms with Crippen molar-refractivity contribution in [3.63, 3.8) is 0 Å². The van der Waals surface area contributed by atoms with Crippen LogP contribution in [0.2, 0.25) is 0 Å². The summed E-state index contributed by atoms with van der Waals surface area (Å²) < 4.78 is 2.67. The lowest BCUT2D eigenvalue weighted by molar-refractivity contribution is 1.55. The van der Waals surface area contributed by atoms with E-state index in [2.05, 4.69) is 255 Å². The van der Waals surface area contributed by atoms with Crippen LogP contribution in [-0.2, 0) is 0 Å². The topological polar surface area (TPSA) is 0 Å². The number of fused-ring (bicyclic) bond motifs is 9. The van der Waals surface area contributed by atoms with Crippen molar-refractivity contribution in [1.82, 2.24) is 0 Å². The highest BCUT2D eigenvalue weighted by Gasteiger charge is 2.15. The van der Waals surface area contributed by atoms with Crippen LogP contribution < -0.4 is 0 Å². The maximum atomic E-state index is 2.40. The first-order valence-electron chi connectivity index (χ1n) is 23.1. The van der Waals surface area contributed by atoms with Crippen LogP contribution in [0, 0.1) is 0 Å². The summed E-state index contributed by atoms with van der Waals surface area (Å²) in [6, 6.07) is 94.0.